The van der Waals surface area contributed by atoms with Gasteiger partial charge in [0.25, 0.3) is 0 Å². The summed E-state index contributed by atoms with van der Waals surface area (Å²) in [6, 6.07) is 64.0. The number of nitrogens with zero attached hydrogens (tertiary/aromatic N) is 1. The average Bonchev–Trinajstić information content (AvgIpc) is 3.70. The van der Waals surface area contributed by atoms with Gasteiger partial charge in [0.1, 0.15) is 0 Å². The zero-order valence-electron chi connectivity index (χ0n) is 29.1. The molecule has 1 aliphatic rings. The third-order valence-electron chi connectivity index (χ3n) is 10.9. The number of rotatable bonds is 5. The molecule has 0 saturated heterocycles. The first-order valence-electron chi connectivity index (χ1n) is 18.0. The summed E-state index contributed by atoms with van der Waals surface area (Å²) in [6.45, 7) is 4.76. The van der Waals surface area contributed by atoms with E-state index in [-0.39, 0.29) is 5.41 Å². The molecule has 7 aromatic carbocycles. The molecular formula is C50H35NS. The molecule has 9 aromatic rings. The Hall–Kier alpha value is -6.09. The summed E-state index contributed by atoms with van der Waals surface area (Å²) in [6.07, 6.45) is 0. The molecule has 0 fully saturated rings. The normalized spacial score (nSPS) is 13.0. The van der Waals surface area contributed by atoms with E-state index in [0.29, 0.717) is 0 Å². The first-order chi connectivity index (χ1) is 25.5. The lowest BCUT2D eigenvalue weighted by Gasteiger charge is -2.22. The fraction of sp³-hybridized carbons (Fsp3) is 0.0600. The van der Waals surface area contributed by atoms with Crippen molar-refractivity contribution in [3.8, 4) is 67.0 Å². The second-order valence-electron chi connectivity index (χ2n) is 14.3. The maximum absolute atomic E-state index is 5.17. The van der Waals surface area contributed by atoms with E-state index >= 15 is 0 Å². The predicted octanol–water partition coefficient (Wildman–Crippen LogP) is 14.1. The van der Waals surface area contributed by atoms with Crippen LogP contribution in [0.5, 0.6) is 0 Å². The molecule has 10 rings (SSSR count). The van der Waals surface area contributed by atoms with Gasteiger partial charge >= 0.3 is 0 Å². The summed E-state index contributed by atoms with van der Waals surface area (Å²) in [5, 5.41) is 2.70. The maximum Gasteiger partial charge on any atom is 0.0715 e. The lowest BCUT2D eigenvalue weighted by molar-refractivity contribution is 0.661. The molecule has 0 aliphatic heterocycles. The van der Waals surface area contributed by atoms with Crippen molar-refractivity contribution in [2.24, 2.45) is 0 Å². The van der Waals surface area contributed by atoms with Crippen LogP contribution in [-0.2, 0) is 5.41 Å². The minimum atomic E-state index is -0.0755. The second kappa shape index (κ2) is 12.0. The van der Waals surface area contributed by atoms with Crippen molar-refractivity contribution in [3.05, 3.63) is 187 Å². The minimum Gasteiger partial charge on any atom is -0.248 e. The van der Waals surface area contributed by atoms with Crippen molar-refractivity contribution in [2.75, 3.05) is 0 Å². The fourth-order valence-corrected chi connectivity index (χ4v) is 9.59. The second-order valence-corrected chi connectivity index (χ2v) is 15.4. The molecule has 0 spiro atoms. The zero-order valence-corrected chi connectivity index (χ0v) is 29.9. The van der Waals surface area contributed by atoms with Gasteiger partial charge in [-0.15, -0.1) is 11.3 Å². The van der Waals surface area contributed by atoms with Crippen molar-refractivity contribution >= 4 is 31.5 Å². The van der Waals surface area contributed by atoms with Crippen molar-refractivity contribution in [1.29, 1.82) is 0 Å². The Morgan fingerprint density at radius 2 is 0.942 bits per heavy atom. The highest BCUT2D eigenvalue weighted by atomic mass is 32.1. The predicted molar refractivity (Wildman–Crippen MR) is 222 cm³/mol. The summed E-state index contributed by atoms with van der Waals surface area (Å²) in [4.78, 5) is 5.17. The van der Waals surface area contributed by atoms with Crippen molar-refractivity contribution in [1.82, 2.24) is 4.98 Å². The first kappa shape index (κ1) is 30.7. The van der Waals surface area contributed by atoms with Crippen LogP contribution in [0.25, 0.3) is 87.2 Å². The van der Waals surface area contributed by atoms with Crippen LogP contribution in [-0.4, -0.2) is 4.98 Å². The third kappa shape index (κ3) is 4.87. The minimum absolute atomic E-state index is 0.0755. The molecule has 1 nitrogen and oxygen atoms in total. The highest BCUT2D eigenvalue weighted by Gasteiger charge is 2.37. The van der Waals surface area contributed by atoms with Crippen LogP contribution >= 0.6 is 11.3 Å². The molecule has 52 heavy (non-hydrogen) atoms. The van der Waals surface area contributed by atoms with Gasteiger partial charge in [0.2, 0.25) is 0 Å². The molecule has 2 heterocycles. The lowest BCUT2D eigenvalue weighted by Crippen LogP contribution is -2.14. The van der Waals surface area contributed by atoms with Gasteiger partial charge in [-0.05, 0) is 74.3 Å². The number of thiophene rings is 1. The summed E-state index contributed by atoms with van der Waals surface area (Å²) < 4.78 is 2.74. The van der Waals surface area contributed by atoms with Gasteiger partial charge in [-0.3, -0.25) is 0 Å². The number of pyridine rings is 1. The van der Waals surface area contributed by atoms with E-state index in [0.717, 1.165) is 28.1 Å². The van der Waals surface area contributed by atoms with E-state index in [1.807, 2.05) is 11.3 Å². The van der Waals surface area contributed by atoms with Crippen LogP contribution in [0, 0.1) is 0 Å². The zero-order chi connectivity index (χ0) is 34.8. The molecule has 1 aliphatic carbocycles. The van der Waals surface area contributed by atoms with Gasteiger partial charge in [-0.25, -0.2) is 4.98 Å². The molecule has 0 unspecified atom stereocenters. The molecule has 0 atom stereocenters. The van der Waals surface area contributed by atoms with Crippen LogP contribution in [0.1, 0.15) is 25.0 Å². The Kier molecular flexibility index (Phi) is 7.09. The van der Waals surface area contributed by atoms with Crippen LogP contribution < -0.4 is 0 Å². The van der Waals surface area contributed by atoms with Crippen LogP contribution in [0.3, 0.4) is 0 Å². The van der Waals surface area contributed by atoms with Crippen molar-refractivity contribution in [2.45, 2.75) is 19.3 Å². The number of aromatic nitrogens is 1. The Morgan fingerprint density at radius 1 is 0.404 bits per heavy atom. The highest BCUT2D eigenvalue weighted by molar-refractivity contribution is 7.26. The Morgan fingerprint density at radius 3 is 1.60 bits per heavy atom. The monoisotopic (exact) mass is 681 g/mol. The van der Waals surface area contributed by atoms with Crippen LogP contribution in [0.15, 0.2) is 176 Å². The Balaban J connectivity index is 1.15. The standard InChI is InChI=1S/C50H35NS/c1-50(2)43-27-25-34(29-42(43)48-44(50)28-26-41-40-23-13-14-24-47(40)52-49(41)48)36-19-9-11-21-38(36)39-22-12-10-20-37(39)35-30-45(32-15-5-3-6-16-32)51-46(31-35)33-17-7-4-8-18-33/h3-31H,1-2H3. The van der Waals surface area contributed by atoms with Gasteiger partial charge in [-0.2, -0.15) is 0 Å². The summed E-state index contributed by atoms with van der Waals surface area (Å²) in [5.74, 6) is 0. The lowest BCUT2D eigenvalue weighted by atomic mass is 9.81. The largest absolute Gasteiger partial charge is 0.248 e. The molecule has 0 N–H and O–H groups in total. The van der Waals surface area contributed by atoms with E-state index in [1.165, 1.54) is 70.2 Å². The van der Waals surface area contributed by atoms with Crippen molar-refractivity contribution in [3.63, 3.8) is 0 Å². The average molecular weight is 682 g/mol. The molecule has 0 bridgehead atoms. The smallest absolute Gasteiger partial charge is 0.0715 e. The maximum atomic E-state index is 5.17. The number of hydrogen-bond donors (Lipinski definition) is 0. The van der Waals surface area contributed by atoms with Gasteiger partial charge in [0, 0.05) is 42.3 Å². The number of fused-ring (bicyclic) bond motifs is 7. The number of benzene rings is 7. The fourth-order valence-electron chi connectivity index (χ4n) is 8.32. The summed E-state index contributed by atoms with van der Waals surface area (Å²) in [5.41, 5.74) is 16.8. The Labute approximate surface area is 308 Å². The highest BCUT2D eigenvalue weighted by Crippen LogP contribution is 2.55. The van der Waals surface area contributed by atoms with Crippen LogP contribution in [0.4, 0.5) is 0 Å². The molecule has 0 radical (unpaired) electrons. The molecule has 2 aromatic heterocycles. The summed E-state index contributed by atoms with van der Waals surface area (Å²) in [7, 11) is 0. The molecule has 0 saturated carbocycles. The van der Waals surface area contributed by atoms with E-state index in [9.17, 15) is 0 Å². The van der Waals surface area contributed by atoms with Gasteiger partial charge < -0.3 is 0 Å². The van der Waals surface area contributed by atoms with Gasteiger partial charge in [0.15, 0.2) is 0 Å². The third-order valence-corrected chi connectivity index (χ3v) is 12.1. The molecular weight excluding hydrogens is 647 g/mol. The molecule has 246 valence electrons. The van der Waals surface area contributed by atoms with E-state index in [1.54, 1.807) is 0 Å². The Bertz CT molecular complexity index is 2750. The van der Waals surface area contributed by atoms with Crippen molar-refractivity contribution < 1.29 is 0 Å². The van der Waals surface area contributed by atoms with E-state index in [2.05, 4.69) is 190 Å². The topological polar surface area (TPSA) is 12.9 Å². The van der Waals surface area contributed by atoms with E-state index in [4.69, 9.17) is 4.98 Å². The molecule has 2 heteroatoms. The summed E-state index contributed by atoms with van der Waals surface area (Å²) >= 11 is 1.93. The molecule has 0 amide bonds. The van der Waals surface area contributed by atoms with E-state index < -0.39 is 0 Å². The van der Waals surface area contributed by atoms with Gasteiger partial charge in [-0.1, -0.05) is 166 Å². The SMILES string of the molecule is CC1(C)c2ccc(-c3ccccc3-c3ccccc3-c3cc(-c4ccccc4)nc(-c4ccccc4)c3)cc2-c2c1ccc1c2sc2ccccc21. The van der Waals surface area contributed by atoms with Gasteiger partial charge in [0.05, 0.1) is 11.4 Å². The number of hydrogen-bond acceptors (Lipinski definition) is 2. The van der Waals surface area contributed by atoms with Crippen LogP contribution in [0.2, 0.25) is 0 Å². The first-order valence-corrected chi connectivity index (χ1v) is 18.8. The quantitative estimate of drug-likeness (QED) is 0.176.